The predicted octanol–water partition coefficient (Wildman–Crippen LogP) is 3.16. The van der Waals surface area contributed by atoms with Crippen molar-refractivity contribution in [3.8, 4) is 5.75 Å². The minimum atomic E-state index is -4.43. The van der Waals surface area contributed by atoms with Crippen molar-refractivity contribution in [3.63, 3.8) is 0 Å². The summed E-state index contributed by atoms with van der Waals surface area (Å²) in [6.45, 7) is 5.08. The Balaban J connectivity index is 1.82. The normalized spacial score (nSPS) is 16.9. The molecule has 2 N–H and O–H groups in total. The third-order valence-electron chi connectivity index (χ3n) is 4.97. The molecule has 0 aliphatic carbocycles. The van der Waals surface area contributed by atoms with Crippen molar-refractivity contribution in [2.45, 2.75) is 38.5 Å². The van der Waals surface area contributed by atoms with Gasteiger partial charge < -0.3 is 24.8 Å². The van der Waals surface area contributed by atoms with Gasteiger partial charge >= 0.3 is 6.18 Å². The molecule has 1 aliphatic rings. The first-order valence-corrected chi connectivity index (χ1v) is 10.3. The molecule has 1 heterocycles. The first kappa shape index (κ1) is 24.3. The van der Waals surface area contributed by atoms with E-state index in [0.29, 0.717) is 18.4 Å². The molecule has 1 unspecified atom stereocenters. The van der Waals surface area contributed by atoms with Crippen molar-refractivity contribution in [3.05, 3.63) is 29.8 Å². The van der Waals surface area contributed by atoms with Crippen LogP contribution < -0.4 is 10.1 Å². The molecule has 9 heteroatoms. The Kier molecular flexibility index (Phi) is 9.71. The van der Waals surface area contributed by atoms with Gasteiger partial charge in [-0.25, -0.2) is 0 Å². The van der Waals surface area contributed by atoms with E-state index in [1.165, 1.54) is 12.1 Å². The fourth-order valence-corrected chi connectivity index (χ4v) is 3.19. The number of nitrogens with one attached hydrogen (secondary N) is 1. The molecule has 0 bridgehead atoms. The monoisotopic (exact) mass is 431 g/mol. The molecule has 170 valence electrons. The topological polar surface area (TPSA) is 66.3 Å². The largest absolute Gasteiger partial charge is 0.491 e. The summed E-state index contributed by atoms with van der Waals surface area (Å²) >= 11 is 0. The number of hydrogen-bond acceptors (Lipinski definition) is 4. The highest BCUT2D eigenvalue weighted by molar-refractivity contribution is 5.79. The number of ether oxygens (including phenoxy) is 2. The maximum absolute atomic E-state index is 12.8. The standard InChI is InChI=1S/C21H32F3N3O3/c1-3-25-20(27(2)10-7-16-8-11-29-12-9-16)26-14-18(28)15-30-19-6-4-5-17(13-19)21(22,23)24/h4-6,13,16,18,28H,3,7-12,14-15H2,1-2H3,(H,25,26). The van der Waals surface area contributed by atoms with Crippen molar-refractivity contribution in [1.29, 1.82) is 0 Å². The van der Waals surface area contributed by atoms with Crippen LogP contribution in [0, 0.1) is 5.92 Å². The summed E-state index contributed by atoms with van der Waals surface area (Å²) in [5.41, 5.74) is -0.784. The van der Waals surface area contributed by atoms with Gasteiger partial charge in [-0.2, -0.15) is 13.2 Å². The number of aliphatic imine (C=N–C) groups is 1. The number of hydrogen-bond donors (Lipinski definition) is 2. The molecule has 30 heavy (non-hydrogen) atoms. The number of alkyl halides is 3. The number of halogens is 3. The van der Waals surface area contributed by atoms with Gasteiger partial charge in [0.15, 0.2) is 5.96 Å². The van der Waals surface area contributed by atoms with Gasteiger partial charge in [-0.3, -0.25) is 4.99 Å². The van der Waals surface area contributed by atoms with Crippen LogP contribution in [-0.4, -0.2) is 68.6 Å². The summed E-state index contributed by atoms with van der Waals surface area (Å²) in [6.07, 6.45) is -2.17. The molecule has 0 saturated carbocycles. The highest BCUT2D eigenvalue weighted by Gasteiger charge is 2.30. The van der Waals surface area contributed by atoms with E-state index in [1.807, 2.05) is 18.9 Å². The van der Waals surface area contributed by atoms with E-state index in [4.69, 9.17) is 9.47 Å². The lowest BCUT2D eigenvalue weighted by molar-refractivity contribution is -0.137. The van der Waals surface area contributed by atoms with Crippen LogP contribution in [0.5, 0.6) is 5.75 Å². The molecule has 6 nitrogen and oxygen atoms in total. The average molecular weight is 431 g/mol. The second-order valence-corrected chi connectivity index (χ2v) is 7.45. The molecule has 1 fully saturated rings. The van der Waals surface area contributed by atoms with Gasteiger partial charge in [0.1, 0.15) is 18.5 Å². The zero-order valence-electron chi connectivity index (χ0n) is 17.6. The second-order valence-electron chi connectivity index (χ2n) is 7.45. The molecule has 0 aromatic heterocycles. The van der Waals surface area contributed by atoms with Crippen LogP contribution in [-0.2, 0) is 10.9 Å². The van der Waals surface area contributed by atoms with E-state index in [-0.39, 0.29) is 18.9 Å². The number of aliphatic hydroxyl groups excluding tert-OH is 1. The van der Waals surface area contributed by atoms with Gasteiger partial charge in [0.2, 0.25) is 0 Å². The molecular weight excluding hydrogens is 399 g/mol. The maximum Gasteiger partial charge on any atom is 0.416 e. The quantitative estimate of drug-likeness (QED) is 0.465. The van der Waals surface area contributed by atoms with Crippen LogP contribution in [0.25, 0.3) is 0 Å². The van der Waals surface area contributed by atoms with Crippen LogP contribution in [0.3, 0.4) is 0 Å². The van der Waals surface area contributed by atoms with Crippen LogP contribution in [0.15, 0.2) is 29.3 Å². The van der Waals surface area contributed by atoms with Crippen molar-refractivity contribution in [2.24, 2.45) is 10.9 Å². The molecule has 1 saturated heterocycles. The number of guanidine groups is 1. The van der Waals surface area contributed by atoms with Crippen molar-refractivity contribution in [2.75, 3.05) is 46.5 Å². The molecule has 1 aliphatic heterocycles. The van der Waals surface area contributed by atoms with E-state index < -0.39 is 17.8 Å². The summed E-state index contributed by atoms with van der Waals surface area (Å²) < 4.78 is 49.0. The lowest BCUT2D eigenvalue weighted by atomic mass is 9.96. The fraction of sp³-hybridized carbons (Fsp3) is 0.667. The molecule has 1 aromatic rings. The molecule has 2 rings (SSSR count). The third-order valence-corrected chi connectivity index (χ3v) is 4.97. The molecule has 1 aromatic carbocycles. The summed E-state index contributed by atoms with van der Waals surface area (Å²) in [6, 6.07) is 4.61. The van der Waals surface area contributed by atoms with E-state index in [1.54, 1.807) is 0 Å². The number of aliphatic hydroxyl groups is 1. The molecule has 1 atom stereocenters. The van der Waals surface area contributed by atoms with Crippen LogP contribution >= 0.6 is 0 Å². The highest BCUT2D eigenvalue weighted by atomic mass is 19.4. The fourth-order valence-electron chi connectivity index (χ4n) is 3.19. The van der Waals surface area contributed by atoms with Gasteiger partial charge in [0.25, 0.3) is 0 Å². The van der Waals surface area contributed by atoms with E-state index in [2.05, 4.69) is 10.3 Å². The highest BCUT2D eigenvalue weighted by Crippen LogP contribution is 2.31. The van der Waals surface area contributed by atoms with Crippen molar-refractivity contribution < 1.29 is 27.8 Å². The summed E-state index contributed by atoms with van der Waals surface area (Å²) in [4.78, 5) is 6.47. The van der Waals surface area contributed by atoms with Crippen LogP contribution in [0.4, 0.5) is 13.2 Å². The molecule has 0 amide bonds. The lowest BCUT2D eigenvalue weighted by Gasteiger charge is -2.27. The van der Waals surface area contributed by atoms with Gasteiger partial charge in [-0.05, 0) is 50.3 Å². The third kappa shape index (κ3) is 8.39. The first-order valence-electron chi connectivity index (χ1n) is 10.3. The second kappa shape index (κ2) is 12.0. The number of nitrogens with zero attached hydrogens (tertiary/aromatic N) is 2. The molecule has 0 radical (unpaired) electrons. The summed E-state index contributed by atoms with van der Waals surface area (Å²) in [5, 5.41) is 13.4. The minimum absolute atomic E-state index is 0.0633. The summed E-state index contributed by atoms with van der Waals surface area (Å²) in [5.74, 6) is 1.39. The van der Waals surface area contributed by atoms with Gasteiger partial charge in [0.05, 0.1) is 12.1 Å². The van der Waals surface area contributed by atoms with E-state index in [9.17, 15) is 18.3 Å². The van der Waals surface area contributed by atoms with Gasteiger partial charge in [-0.1, -0.05) is 6.07 Å². The minimum Gasteiger partial charge on any atom is -0.491 e. The van der Waals surface area contributed by atoms with E-state index >= 15 is 0 Å². The Labute approximate surface area is 176 Å². The lowest BCUT2D eigenvalue weighted by Crippen LogP contribution is -2.40. The Morgan fingerprint density at radius 1 is 1.37 bits per heavy atom. The predicted molar refractivity (Wildman–Crippen MR) is 110 cm³/mol. The SMILES string of the molecule is CCNC(=NCC(O)COc1cccc(C(F)(F)F)c1)N(C)CCC1CCOCC1. The van der Waals surface area contributed by atoms with E-state index in [0.717, 1.165) is 51.2 Å². The maximum atomic E-state index is 12.8. The number of benzene rings is 1. The van der Waals surface area contributed by atoms with Crippen molar-refractivity contribution >= 4 is 5.96 Å². The Morgan fingerprint density at radius 2 is 2.10 bits per heavy atom. The average Bonchev–Trinajstić information content (AvgIpc) is 2.73. The molecular formula is C21H32F3N3O3. The summed E-state index contributed by atoms with van der Waals surface area (Å²) in [7, 11) is 1.95. The Morgan fingerprint density at radius 3 is 2.77 bits per heavy atom. The van der Waals surface area contributed by atoms with Crippen LogP contribution in [0.2, 0.25) is 0 Å². The van der Waals surface area contributed by atoms with Crippen molar-refractivity contribution in [1.82, 2.24) is 10.2 Å². The van der Waals surface area contributed by atoms with Gasteiger partial charge in [-0.15, -0.1) is 0 Å². The first-order chi connectivity index (χ1) is 14.3. The Hall–Kier alpha value is -2.00. The number of rotatable bonds is 9. The smallest absolute Gasteiger partial charge is 0.416 e. The zero-order chi connectivity index (χ0) is 22.0. The van der Waals surface area contributed by atoms with Gasteiger partial charge in [0, 0.05) is 33.4 Å². The van der Waals surface area contributed by atoms with Crippen LogP contribution in [0.1, 0.15) is 31.7 Å². The zero-order valence-corrected chi connectivity index (χ0v) is 17.6. The molecule has 0 spiro atoms. The Bertz CT molecular complexity index is 664.